The van der Waals surface area contributed by atoms with Crippen LogP contribution in [0.3, 0.4) is 0 Å². The zero-order valence-electron chi connectivity index (χ0n) is 9.67. The van der Waals surface area contributed by atoms with E-state index in [4.69, 9.17) is 10.00 Å². The lowest BCUT2D eigenvalue weighted by molar-refractivity contribution is -0.00793. The van der Waals surface area contributed by atoms with E-state index in [1.165, 1.54) is 25.9 Å². The molecule has 0 aliphatic carbocycles. The molecule has 4 nitrogen and oxygen atoms in total. The molecule has 0 radical (unpaired) electrons. The highest BCUT2D eigenvalue weighted by Gasteiger charge is 2.35. The van der Waals surface area contributed by atoms with E-state index in [-0.39, 0.29) is 6.10 Å². The third-order valence-electron chi connectivity index (χ3n) is 3.78. The molecule has 0 N–H and O–H groups in total. The molecule has 4 heterocycles. The van der Waals surface area contributed by atoms with Crippen molar-refractivity contribution in [3.63, 3.8) is 0 Å². The molecule has 3 saturated heterocycles. The maximum Gasteiger partial charge on any atom is 0.140 e. The molecular formula is C13H15N3O. The Bertz CT molecular complexity index is 446. The summed E-state index contributed by atoms with van der Waals surface area (Å²) < 4.78 is 6.01. The van der Waals surface area contributed by atoms with Gasteiger partial charge in [-0.15, -0.1) is 0 Å². The summed E-state index contributed by atoms with van der Waals surface area (Å²) in [5, 5.41) is 9.00. The van der Waals surface area contributed by atoms with Gasteiger partial charge < -0.3 is 4.74 Å². The molecule has 1 unspecified atom stereocenters. The smallest absolute Gasteiger partial charge is 0.140 e. The summed E-state index contributed by atoms with van der Waals surface area (Å²) in [7, 11) is 0. The Labute approximate surface area is 101 Å². The number of piperidine rings is 3. The van der Waals surface area contributed by atoms with Crippen LogP contribution in [0.2, 0.25) is 0 Å². The number of hydrogen-bond acceptors (Lipinski definition) is 4. The van der Waals surface area contributed by atoms with Crippen LogP contribution in [-0.2, 0) is 0 Å². The van der Waals surface area contributed by atoms with E-state index in [0.717, 1.165) is 6.54 Å². The zero-order valence-corrected chi connectivity index (χ0v) is 9.67. The second-order valence-corrected chi connectivity index (χ2v) is 4.78. The Kier molecular flexibility index (Phi) is 2.69. The third kappa shape index (κ3) is 1.98. The highest BCUT2D eigenvalue weighted by atomic mass is 16.5. The number of nitrogens with zero attached hydrogens (tertiary/aromatic N) is 3. The Morgan fingerprint density at radius 2 is 2.24 bits per heavy atom. The highest BCUT2D eigenvalue weighted by Crippen LogP contribution is 2.31. The predicted molar refractivity (Wildman–Crippen MR) is 62.5 cm³/mol. The van der Waals surface area contributed by atoms with E-state index in [2.05, 4.69) is 16.0 Å². The fourth-order valence-electron chi connectivity index (χ4n) is 2.78. The molecule has 1 aromatic rings. The number of rotatable bonds is 2. The lowest BCUT2D eigenvalue weighted by Gasteiger charge is -2.44. The quantitative estimate of drug-likeness (QED) is 0.769. The Morgan fingerprint density at radius 1 is 1.41 bits per heavy atom. The maximum atomic E-state index is 9.00. The molecule has 4 heteroatoms. The van der Waals surface area contributed by atoms with Crippen LogP contribution in [0.15, 0.2) is 18.5 Å². The summed E-state index contributed by atoms with van der Waals surface area (Å²) in [6.07, 6.45) is 5.93. The molecule has 0 aromatic carbocycles. The maximum absolute atomic E-state index is 9.00. The molecule has 17 heavy (non-hydrogen) atoms. The summed E-state index contributed by atoms with van der Waals surface area (Å²) in [5.74, 6) is 1.33. The first-order valence-corrected chi connectivity index (χ1v) is 6.10. The molecule has 3 aliphatic rings. The van der Waals surface area contributed by atoms with Gasteiger partial charge in [0.05, 0.1) is 0 Å². The van der Waals surface area contributed by atoms with E-state index in [9.17, 15) is 0 Å². The van der Waals surface area contributed by atoms with Gasteiger partial charge in [-0.2, -0.15) is 5.26 Å². The fourth-order valence-corrected chi connectivity index (χ4v) is 2.78. The van der Waals surface area contributed by atoms with E-state index in [1.54, 1.807) is 18.5 Å². The number of hydrogen-bond donors (Lipinski definition) is 0. The number of fused-ring (bicyclic) bond motifs is 3. The van der Waals surface area contributed by atoms with Crippen molar-refractivity contribution in [1.82, 2.24) is 9.88 Å². The lowest BCUT2D eigenvalue weighted by atomic mass is 9.86. The molecule has 3 aliphatic heterocycles. The van der Waals surface area contributed by atoms with Gasteiger partial charge >= 0.3 is 0 Å². The van der Waals surface area contributed by atoms with Crippen LogP contribution in [0.4, 0.5) is 0 Å². The second-order valence-electron chi connectivity index (χ2n) is 4.78. The van der Waals surface area contributed by atoms with E-state index in [1.807, 2.05) is 0 Å². The van der Waals surface area contributed by atoms with Gasteiger partial charge in [0.1, 0.15) is 23.5 Å². The van der Waals surface area contributed by atoms with Crippen molar-refractivity contribution >= 4 is 0 Å². The molecule has 2 bridgehead atoms. The normalized spacial score (nSPS) is 30.9. The second kappa shape index (κ2) is 4.34. The summed E-state index contributed by atoms with van der Waals surface area (Å²) in [4.78, 5) is 6.39. The molecule has 88 valence electrons. The minimum absolute atomic E-state index is 0.243. The van der Waals surface area contributed by atoms with Crippen LogP contribution in [0.25, 0.3) is 0 Å². The first-order chi connectivity index (χ1) is 8.36. The lowest BCUT2D eigenvalue weighted by Crippen LogP contribution is -2.52. The monoisotopic (exact) mass is 229 g/mol. The first kappa shape index (κ1) is 10.5. The van der Waals surface area contributed by atoms with Crippen molar-refractivity contribution in [3.05, 3.63) is 24.0 Å². The topological polar surface area (TPSA) is 49.1 Å². The van der Waals surface area contributed by atoms with Gasteiger partial charge in [-0.1, -0.05) is 0 Å². The fraction of sp³-hybridized carbons (Fsp3) is 0.538. The Hall–Kier alpha value is -1.60. The van der Waals surface area contributed by atoms with E-state index < -0.39 is 0 Å². The van der Waals surface area contributed by atoms with Gasteiger partial charge in [0, 0.05) is 18.9 Å². The molecule has 0 amide bonds. The Morgan fingerprint density at radius 3 is 2.88 bits per heavy atom. The van der Waals surface area contributed by atoms with Crippen LogP contribution in [0.1, 0.15) is 18.4 Å². The summed E-state index contributed by atoms with van der Waals surface area (Å²) in [6.45, 7) is 3.40. The van der Waals surface area contributed by atoms with Gasteiger partial charge in [-0.05, 0) is 37.9 Å². The number of aromatic nitrogens is 1. The predicted octanol–water partition coefficient (Wildman–Crippen LogP) is 1.43. The molecule has 0 spiro atoms. The molecule has 1 aromatic heterocycles. The molecule has 3 fully saturated rings. The average Bonchev–Trinajstić information content (AvgIpc) is 2.41. The molecule has 4 rings (SSSR count). The molecule has 1 atom stereocenters. The van der Waals surface area contributed by atoms with Crippen LogP contribution in [0.5, 0.6) is 5.75 Å². The highest BCUT2D eigenvalue weighted by molar-refractivity contribution is 5.40. The van der Waals surface area contributed by atoms with Crippen molar-refractivity contribution in [3.8, 4) is 11.8 Å². The van der Waals surface area contributed by atoms with Crippen LogP contribution >= 0.6 is 0 Å². The SMILES string of the molecule is N#Cc1cnccc1OC1CN2CCC1CC2. The van der Waals surface area contributed by atoms with Crippen molar-refractivity contribution in [2.75, 3.05) is 19.6 Å². The summed E-state index contributed by atoms with van der Waals surface area (Å²) in [6, 6.07) is 3.92. The van der Waals surface area contributed by atoms with Gasteiger partial charge in [0.2, 0.25) is 0 Å². The average molecular weight is 229 g/mol. The third-order valence-corrected chi connectivity index (χ3v) is 3.78. The van der Waals surface area contributed by atoms with Crippen molar-refractivity contribution < 1.29 is 4.74 Å². The van der Waals surface area contributed by atoms with Crippen molar-refractivity contribution in [2.45, 2.75) is 18.9 Å². The minimum atomic E-state index is 0.243. The zero-order chi connectivity index (χ0) is 11.7. The van der Waals surface area contributed by atoms with Crippen LogP contribution in [-0.4, -0.2) is 35.6 Å². The van der Waals surface area contributed by atoms with Crippen molar-refractivity contribution in [2.24, 2.45) is 5.92 Å². The van der Waals surface area contributed by atoms with Gasteiger partial charge in [0.25, 0.3) is 0 Å². The van der Waals surface area contributed by atoms with Gasteiger partial charge in [0.15, 0.2) is 0 Å². The van der Waals surface area contributed by atoms with Crippen LogP contribution < -0.4 is 4.74 Å². The van der Waals surface area contributed by atoms with E-state index in [0.29, 0.717) is 17.2 Å². The van der Waals surface area contributed by atoms with Crippen LogP contribution in [0, 0.1) is 17.2 Å². The number of ether oxygens (including phenoxy) is 1. The summed E-state index contributed by atoms with van der Waals surface area (Å²) >= 11 is 0. The largest absolute Gasteiger partial charge is 0.487 e. The van der Waals surface area contributed by atoms with Crippen molar-refractivity contribution in [1.29, 1.82) is 5.26 Å². The molecular weight excluding hydrogens is 214 g/mol. The first-order valence-electron chi connectivity index (χ1n) is 6.10. The standard InChI is InChI=1S/C13H15N3O/c14-7-11-8-15-4-1-12(11)17-13-9-16-5-2-10(13)3-6-16/h1,4,8,10,13H,2-3,5-6,9H2. The number of pyridine rings is 1. The van der Waals surface area contributed by atoms with E-state index >= 15 is 0 Å². The summed E-state index contributed by atoms with van der Waals surface area (Å²) in [5.41, 5.74) is 0.531. The molecule has 0 saturated carbocycles. The minimum Gasteiger partial charge on any atom is -0.487 e. The van der Waals surface area contributed by atoms with Gasteiger partial charge in [-0.3, -0.25) is 9.88 Å². The number of nitriles is 1. The van der Waals surface area contributed by atoms with Gasteiger partial charge in [-0.25, -0.2) is 0 Å². The Balaban J connectivity index is 1.77.